The van der Waals surface area contributed by atoms with Crippen LogP contribution >= 0.6 is 0 Å². The van der Waals surface area contributed by atoms with Gasteiger partial charge in [-0.1, -0.05) is 12.1 Å². The maximum atomic E-state index is 13.3. The molecular formula is C20H21N3O3. The average molecular weight is 351 g/mol. The molecule has 2 aromatic heterocycles. The topological polar surface area (TPSA) is 56.1 Å². The van der Waals surface area contributed by atoms with Crippen molar-refractivity contribution >= 4 is 11.6 Å². The van der Waals surface area contributed by atoms with Crippen LogP contribution < -0.4 is 9.47 Å². The fraction of sp³-hybridized carbons (Fsp3) is 0.300. The second-order valence-electron chi connectivity index (χ2n) is 6.38. The predicted molar refractivity (Wildman–Crippen MR) is 97.6 cm³/mol. The lowest BCUT2D eigenvalue weighted by atomic mass is 10.1. The molecule has 1 aliphatic rings. The number of carbonyl (C=O) groups excluding carboxylic acids is 1. The van der Waals surface area contributed by atoms with Crippen LogP contribution in [-0.2, 0) is 6.54 Å². The van der Waals surface area contributed by atoms with Gasteiger partial charge in [0.05, 0.1) is 38.2 Å². The minimum Gasteiger partial charge on any atom is -0.493 e. The first kappa shape index (κ1) is 16.4. The molecule has 1 amide bonds. The Bertz CT molecular complexity index is 946. The zero-order valence-electron chi connectivity index (χ0n) is 14.9. The largest absolute Gasteiger partial charge is 0.493 e. The summed E-state index contributed by atoms with van der Waals surface area (Å²) in [5.41, 5.74) is 2.39. The van der Waals surface area contributed by atoms with E-state index in [1.54, 1.807) is 26.4 Å². The summed E-state index contributed by atoms with van der Waals surface area (Å²) >= 11 is 0. The molecule has 0 atom stereocenters. The number of amides is 1. The lowest BCUT2D eigenvalue weighted by Gasteiger charge is -2.23. The molecule has 0 aliphatic heterocycles. The summed E-state index contributed by atoms with van der Waals surface area (Å²) in [4.78, 5) is 19.6. The number of rotatable bonds is 6. The Morgan fingerprint density at radius 2 is 2.04 bits per heavy atom. The summed E-state index contributed by atoms with van der Waals surface area (Å²) in [6.45, 7) is 0.509. The molecule has 0 saturated heterocycles. The molecule has 6 nitrogen and oxygen atoms in total. The van der Waals surface area contributed by atoms with Gasteiger partial charge < -0.3 is 18.8 Å². The summed E-state index contributed by atoms with van der Waals surface area (Å²) in [5, 5.41) is 0. The molecule has 1 aromatic carbocycles. The van der Waals surface area contributed by atoms with E-state index in [2.05, 4.69) is 4.98 Å². The highest BCUT2D eigenvalue weighted by Gasteiger charge is 2.35. The van der Waals surface area contributed by atoms with Gasteiger partial charge in [-0.25, -0.2) is 4.98 Å². The van der Waals surface area contributed by atoms with Crippen molar-refractivity contribution in [1.82, 2.24) is 14.3 Å². The van der Waals surface area contributed by atoms with Crippen LogP contribution in [0, 0.1) is 0 Å². The molecule has 4 rings (SSSR count). The Labute approximate surface area is 152 Å². The first-order valence-corrected chi connectivity index (χ1v) is 8.66. The fourth-order valence-corrected chi connectivity index (χ4v) is 3.24. The third kappa shape index (κ3) is 2.87. The zero-order chi connectivity index (χ0) is 18.1. The maximum Gasteiger partial charge on any atom is 0.258 e. The van der Waals surface area contributed by atoms with Crippen molar-refractivity contribution in [2.75, 3.05) is 14.2 Å². The van der Waals surface area contributed by atoms with Crippen molar-refractivity contribution in [2.45, 2.75) is 25.4 Å². The van der Waals surface area contributed by atoms with Crippen molar-refractivity contribution in [3.05, 3.63) is 60.0 Å². The summed E-state index contributed by atoms with van der Waals surface area (Å²) < 4.78 is 12.8. The van der Waals surface area contributed by atoms with Crippen LogP contribution in [0.1, 0.15) is 28.9 Å². The fourth-order valence-electron chi connectivity index (χ4n) is 3.24. The number of pyridine rings is 1. The third-order valence-electron chi connectivity index (χ3n) is 4.71. The monoisotopic (exact) mass is 351 g/mol. The lowest BCUT2D eigenvalue weighted by molar-refractivity contribution is 0.0723. The second kappa shape index (κ2) is 6.71. The van der Waals surface area contributed by atoms with E-state index in [4.69, 9.17) is 9.47 Å². The molecule has 0 spiro atoms. The van der Waals surface area contributed by atoms with Gasteiger partial charge in [-0.2, -0.15) is 0 Å². The number of nitrogens with zero attached hydrogens (tertiary/aromatic N) is 3. The summed E-state index contributed by atoms with van der Waals surface area (Å²) in [5.74, 6) is 0.988. The van der Waals surface area contributed by atoms with Gasteiger partial charge in [-0.3, -0.25) is 4.79 Å². The molecule has 1 fully saturated rings. The number of para-hydroxylation sites is 1. The van der Waals surface area contributed by atoms with Crippen LogP contribution in [-0.4, -0.2) is 40.5 Å². The van der Waals surface area contributed by atoms with E-state index in [1.807, 2.05) is 46.0 Å². The highest BCUT2D eigenvalue weighted by molar-refractivity contribution is 5.98. The number of hydrogen-bond acceptors (Lipinski definition) is 4. The first-order valence-electron chi connectivity index (χ1n) is 8.66. The second-order valence-corrected chi connectivity index (χ2v) is 6.38. The Morgan fingerprint density at radius 1 is 1.19 bits per heavy atom. The van der Waals surface area contributed by atoms with E-state index < -0.39 is 0 Å². The van der Waals surface area contributed by atoms with Gasteiger partial charge in [-0.05, 0) is 37.1 Å². The van der Waals surface area contributed by atoms with Gasteiger partial charge in [0.1, 0.15) is 5.65 Å². The van der Waals surface area contributed by atoms with Crippen LogP contribution in [0.25, 0.3) is 5.65 Å². The SMILES string of the molecule is COc1cccc(C(=O)N(Cc2cnc3ccccn23)C2CC2)c1OC. The normalized spacial score (nSPS) is 13.6. The quantitative estimate of drug-likeness (QED) is 0.685. The van der Waals surface area contributed by atoms with E-state index in [1.165, 1.54) is 0 Å². The molecule has 134 valence electrons. The molecule has 0 radical (unpaired) electrons. The number of hydrogen-bond donors (Lipinski definition) is 0. The van der Waals surface area contributed by atoms with Gasteiger partial charge in [0.2, 0.25) is 0 Å². The molecule has 2 heterocycles. The standard InChI is InChI=1S/C20H21N3O3/c1-25-17-7-5-6-16(19(17)26-2)20(24)23(14-9-10-14)13-15-12-21-18-8-3-4-11-22(15)18/h3-8,11-12,14H,9-10,13H2,1-2H3. The van der Waals surface area contributed by atoms with E-state index in [0.29, 0.717) is 23.6 Å². The molecule has 0 unspecified atom stereocenters. The molecule has 26 heavy (non-hydrogen) atoms. The predicted octanol–water partition coefficient (Wildman–Crippen LogP) is 3.16. The van der Waals surface area contributed by atoms with Gasteiger partial charge in [0.15, 0.2) is 11.5 Å². The molecular weight excluding hydrogens is 330 g/mol. The number of carbonyl (C=O) groups is 1. The minimum absolute atomic E-state index is 0.0471. The lowest BCUT2D eigenvalue weighted by Crippen LogP contribution is -2.33. The number of methoxy groups -OCH3 is 2. The first-order chi connectivity index (χ1) is 12.7. The van der Waals surface area contributed by atoms with E-state index in [0.717, 1.165) is 24.2 Å². The van der Waals surface area contributed by atoms with Gasteiger partial charge in [0, 0.05) is 12.2 Å². The Hall–Kier alpha value is -3.02. The number of fused-ring (bicyclic) bond motifs is 1. The number of imidazole rings is 1. The van der Waals surface area contributed by atoms with Gasteiger partial charge in [0.25, 0.3) is 5.91 Å². The third-order valence-corrected chi connectivity index (χ3v) is 4.71. The Morgan fingerprint density at radius 3 is 2.77 bits per heavy atom. The molecule has 0 N–H and O–H groups in total. The van der Waals surface area contributed by atoms with E-state index in [-0.39, 0.29) is 11.9 Å². The molecule has 1 saturated carbocycles. The Balaban J connectivity index is 1.68. The van der Waals surface area contributed by atoms with Crippen molar-refractivity contribution < 1.29 is 14.3 Å². The van der Waals surface area contributed by atoms with E-state index >= 15 is 0 Å². The van der Waals surface area contributed by atoms with E-state index in [9.17, 15) is 4.79 Å². The molecule has 6 heteroatoms. The van der Waals surface area contributed by atoms with Crippen LogP contribution in [0.15, 0.2) is 48.8 Å². The minimum atomic E-state index is -0.0471. The van der Waals surface area contributed by atoms with Crippen molar-refractivity contribution in [2.24, 2.45) is 0 Å². The van der Waals surface area contributed by atoms with Crippen molar-refractivity contribution in [3.63, 3.8) is 0 Å². The van der Waals surface area contributed by atoms with Crippen molar-refractivity contribution in [1.29, 1.82) is 0 Å². The summed E-state index contributed by atoms with van der Waals surface area (Å²) in [7, 11) is 3.13. The average Bonchev–Trinajstić information content (AvgIpc) is 3.45. The molecule has 1 aliphatic carbocycles. The highest BCUT2D eigenvalue weighted by atomic mass is 16.5. The summed E-state index contributed by atoms with van der Waals surface area (Å²) in [6, 6.07) is 11.5. The summed E-state index contributed by atoms with van der Waals surface area (Å²) in [6.07, 6.45) is 5.85. The van der Waals surface area contributed by atoms with Crippen LogP contribution in [0.3, 0.4) is 0 Å². The Kier molecular flexibility index (Phi) is 4.24. The number of benzene rings is 1. The van der Waals surface area contributed by atoms with Crippen molar-refractivity contribution in [3.8, 4) is 11.5 Å². The maximum absolute atomic E-state index is 13.3. The smallest absolute Gasteiger partial charge is 0.258 e. The van der Waals surface area contributed by atoms with Crippen LogP contribution in [0.2, 0.25) is 0 Å². The number of aromatic nitrogens is 2. The highest BCUT2D eigenvalue weighted by Crippen LogP contribution is 2.35. The molecule has 0 bridgehead atoms. The van der Waals surface area contributed by atoms with Crippen LogP contribution in [0.5, 0.6) is 11.5 Å². The van der Waals surface area contributed by atoms with Crippen LogP contribution in [0.4, 0.5) is 0 Å². The molecule has 3 aromatic rings. The van der Waals surface area contributed by atoms with Gasteiger partial charge >= 0.3 is 0 Å². The zero-order valence-corrected chi connectivity index (χ0v) is 14.9. The van der Waals surface area contributed by atoms with Gasteiger partial charge in [-0.15, -0.1) is 0 Å². The number of ether oxygens (including phenoxy) is 2.